The summed E-state index contributed by atoms with van der Waals surface area (Å²) in [6.45, 7) is 0.229. The fourth-order valence-corrected chi connectivity index (χ4v) is 4.07. The number of nitrogens with one attached hydrogen (secondary N) is 2. The van der Waals surface area contributed by atoms with Crippen LogP contribution in [-0.2, 0) is 11.9 Å². The molecule has 3 aromatic rings. The third-order valence-corrected chi connectivity index (χ3v) is 6.02. The first-order chi connectivity index (χ1) is 16.8. The summed E-state index contributed by atoms with van der Waals surface area (Å²) in [6.07, 6.45) is -7.74. The van der Waals surface area contributed by atoms with Crippen LogP contribution in [0.1, 0.15) is 16.8 Å². The SMILES string of the molecule is Cc1c(OCC(F)(F)F)ccnc1CSc1ccc(NC(=O)Nc2ccc(Cl)c(C(F)(F)F)c2)cc1. The minimum atomic E-state index is -4.66. The van der Waals surface area contributed by atoms with Crippen LogP contribution >= 0.6 is 23.4 Å². The molecule has 36 heavy (non-hydrogen) atoms. The number of halogens is 7. The second-order valence-corrected chi connectivity index (χ2v) is 8.83. The lowest BCUT2D eigenvalue weighted by molar-refractivity contribution is -0.153. The Labute approximate surface area is 211 Å². The number of ether oxygens (including phenoxy) is 1. The number of pyridine rings is 1. The van der Waals surface area contributed by atoms with E-state index in [1.807, 2.05) is 0 Å². The number of thioether (sulfide) groups is 1. The van der Waals surface area contributed by atoms with Crippen LogP contribution in [0.5, 0.6) is 5.75 Å². The molecule has 0 unspecified atom stereocenters. The summed E-state index contributed by atoms with van der Waals surface area (Å²) >= 11 is 6.94. The molecule has 1 aromatic heterocycles. The second-order valence-electron chi connectivity index (χ2n) is 7.37. The Morgan fingerprint density at radius 2 is 1.64 bits per heavy atom. The normalized spacial score (nSPS) is 11.8. The fourth-order valence-electron chi connectivity index (χ4n) is 2.92. The molecule has 0 aliphatic carbocycles. The van der Waals surface area contributed by atoms with Gasteiger partial charge in [-0.3, -0.25) is 4.98 Å². The van der Waals surface area contributed by atoms with Gasteiger partial charge < -0.3 is 15.4 Å². The van der Waals surface area contributed by atoms with Crippen molar-refractivity contribution in [3.05, 3.63) is 76.6 Å². The van der Waals surface area contributed by atoms with E-state index in [1.165, 1.54) is 30.1 Å². The van der Waals surface area contributed by atoms with Crippen molar-refractivity contribution in [1.82, 2.24) is 4.98 Å². The van der Waals surface area contributed by atoms with Crippen LogP contribution in [0.15, 0.2) is 59.6 Å². The van der Waals surface area contributed by atoms with Crippen LogP contribution in [0.25, 0.3) is 0 Å². The van der Waals surface area contributed by atoms with Gasteiger partial charge in [0.05, 0.1) is 16.3 Å². The predicted molar refractivity (Wildman–Crippen MR) is 126 cm³/mol. The number of rotatable bonds is 7. The second kappa shape index (κ2) is 11.3. The monoisotopic (exact) mass is 549 g/mol. The minimum absolute atomic E-state index is 0.0827. The van der Waals surface area contributed by atoms with Gasteiger partial charge >= 0.3 is 18.4 Å². The molecule has 0 radical (unpaired) electrons. The van der Waals surface area contributed by atoms with Gasteiger partial charge in [-0.05, 0) is 55.5 Å². The van der Waals surface area contributed by atoms with Gasteiger partial charge in [-0.2, -0.15) is 26.3 Å². The molecule has 0 bridgehead atoms. The maximum atomic E-state index is 13.0. The van der Waals surface area contributed by atoms with Crippen molar-refractivity contribution in [1.29, 1.82) is 0 Å². The summed E-state index contributed by atoms with van der Waals surface area (Å²) in [5.41, 5.74) is 0.299. The lowest BCUT2D eigenvalue weighted by atomic mass is 10.2. The Bertz CT molecular complexity index is 1220. The highest BCUT2D eigenvalue weighted by Gasteiger charge is 2.33. The first-order valence-corrected chi connectivity index (χ1v) is 11.5. The van der Waals surface area contributed by atoms with Crippen molar-refractivity contribution in [2.45, 2.75) is 29.9 Å². The van der Waals surface area contributed by atoms with Gasteiger partial charge in [0.25, 0.3) is 0 Å². The molecule has 13 heteroatoms. The molecule has 192 valence electrons. The number of hydrogen-bond donors (Lipinski definition) is 2. The summed E-state index contributed by atoms with van der Waals surface area (Å²) in [4.78, 5) is 17.2. The molecule has 0 aliphatic rings. The van der Waals surface area contributed by atoms with Crippen LogP contribution in [0.3, 0.4) is 0 Å². The van der Waals surface area contributed by atoms with Crippen molar-refractivity contribution in [3.63, 3.8) is 0 Å². The van der Waals surface area contributed by atoms with Crippen molar-refractivity contribution < 1.29 is 35.9 Å². The van der Waals surface area contributed by atoms with E-state index in [0.29, 0.717) is 22.7 Å². The molecule has 3 rings (SSSR count). The van der Waals surface area contributed by atoms with Crippen LogP contribution in [0, 0.1) is 6.92 Å². The first-order valence-electron chi connectivity index (χ1n) is 10.1. The Hall–Kier alpha value is -3.12. The van der Waals surface area contributed by atoms with Crippen molar-refractivity contribution >= 4 is 40.8 Å². The number of aromatic nitrogens is 1. The molecule has 2 aromatic carbocycles. The average molecular weight is 550 g/mol. The smallest absolute Gasteiger partial charge is 0.422 e. The van der Waals surface area contributed by atoms with Gasteiger partial charge in [-0.15, -0.1) is 11.8 Å². The van der Waals surface area contributed by atoms with E-state index in [0.717, 1.165) is 17.0 Å². The average Bonchev–Trinajstić information content (AvgIpc) is 2.78. The number of anilines is 2. The molecule has 0 saturated carbocycles. The van der Waals surface area contributed by atoms with Gasteiger partial charge in [0, 0.05) is 33.8 Å². The molecule has 0 aliphatic heterocycles. The standard InChI is InChI=1S/C23H18ClF6N3O2S/c1-13-19(31-9-8-20(13)35-12-22(25,26)27)11-36-16-5-2-14(3-6-16)32-21(34)33-15-4-7-18(24)17(10-15)23(28,29)30/h2-10H,11-12H2,1H3,(H2,32,33,34). The van der Waals surface area contributed by atoms with E-state index >= 15 is 0 Å². The number of amides is 2. The minimum Gasteiger partial charge on any atom is -0.484 e. The number of carbonyl (C=O) groups excluding carboxylic acids is 1. The zero-order valence-electron chi connectivity index (χ0n) is 18.4. The quantitative estimate of drug-likeness (QED) is 0.232. The van der Waals surface area contributed by atoms with Gasteiger partial charge in [0.15, 0.2) is 6.61 Å². The Balaban J connectivity index is 1.56. The summed E-state index contributed by atoms with van der Waals surface area (Å²) < 4.78 is 81.0. The molecule has 0 atom stereocenters. The number of nitrogens with zero attached hydrogens (tertiary/aromatic N) is 1. The van der Waals surface area contributed by atoms with E-state index in [-0.39, 0.29) is 11.4 Å². The number of carbonyl (C=O) groups is 1. The molecular formula is C23H18ClF6N3O2S. The molecule has 2 amide bonds. The topological polar surface area (TPSA) is 63.2 Å². The zero-order valence-corrected chi connectivity index (χ0v) is 20.0. The van der Waals surface area contributed by atoms with Gasteiger partial charge in [0.2, 0.25) is 0 Å². The van der Waals surface area contributed by atoms with Crippen molar-refractivity contribution in [2.75, 3.05) is 17.2 Å². The highest BCUT2D eigenvalue weighted by Crippen LogP contribution is 2.36. The third-order valence-electron chi connectivity index (χ3n) is 4.67. The van der Waals surface area contributed by atoms with Crippen LogP contribution in [0.4, 0.5) is 42.5 Å². The maximum Gasteiger partial charge on any atom is 0.422 e. The summed E-state index contributed by atoms with van der Waals surface area (Å²) in [5.74, 6) is 0.465. The van der Waals surface area contributed by atoms with E-state index in [2.05, 4.69) is 15.6 Å². The van der Waals surface area contributed by atoms with Gasteiger partial charge in [-0.1, -0.05) is 11.6 Å². The van der Waals surface area contributed by atoms with Gasteiger partial charge in [-0.25, -0.2) is 4.79 Å². The van der Waals surface area contributed by atoms with E-state index < -0.39 is 35.6 Å². The molecule has 0 saturated heterocycles. The molecule has 1 heterocycles. The van der Waals surface area contributed by atoms with E-state index in [4.69, 9.17) is 16.3 Å². The summed E-state index contributed by atoms with van der Waals surface area (Å²) in [6, 6.07) is 10.2. The zero-order chi connectivity index (χ0) is 26.5. The number of hydrogen-bond acceptors (Lipinski definition) is 4. The van der Waals surface area contributed by atoms with E-state index in [9.17, 15) is 31.1 Å². The highest BCUT2D eigenvalue weighted by atomic mass is 35.5. The summed E-state index contributed by atoms with van der Waals surface area (Å²) in [7, 11) is 0. The Morgan fingerprint density at radius 1 is 1.00 bits per heavy atom. The Kier molecular flexibility index (Phi) is 8.62. The van der Waals surface area contributed by atoms with Crippen molar-refractivity contribution in [3.8, 4) is 5.75 Å². The highest BCUT2D eigenvalue weighted by molar-refractivity contribution is 7.98. The first kappa shape index (κ1) is 27.5. The number of urea groups is 1. The third kappa shape index (κ3) is 7.95. The lowest BCUT2D eigenvalue weighted by Crippen LogP contribution is -2.20. The largest absolute Gasteiger partial charge is 0.484 e. The van der Waals surface area contributed by atoms with Crippen LogP contribution in [0.2, 0.25) is 5.02 Å². The van der Waals surface area contributed by atoms with Crippen LogP contribution in [-0.4, -0.2) is 23.8 Å². The van der Waals surface area contributed by atoms with E-state index in [1.54, 1.807) is 31.2 Å². The van der Waals surface area contributed by atoms with Crippen LogP contribution < -0.4 is 15.4 Å². The Morgan fingerprint density at radius 3 is 2.28 bits per heavy atom. The summed E-state index contributed by atoms with van der Waals surface area (Å²) in [5, 5.41) is 4.35. The molecule has 5 nitrogen and oxygen atoms in total. The number of alkyl halides is 6. The number of benzene rings is 2. The predicted octanol–water partition coefficient (Wildman–Crippen LogP) is 7.94. The molecular weight excluding hydrogens is 532 g/mol. The molecule has 0 fully saturated rings. The molecule has 0 spiro atoms. The van der Waals surface area contributed by atoms with Gasteiger partial charge in [0.1, 0.15) is 5.75 Å². The fraction of sp³-hybridized carbons (Fsp3) is 0.217. The molecule has 2 N–H and O–H groups in total. The van der Waals surface area contributed by atoms with Crippen molar-refractivity contribution in [2.24, 2.45) is 0 Å². The maximum absolute atomic E-state index is 13.0. The lowest BCUT2D eigenvalue weighted by Gasteiger charge is -2.13.